The average Bonchev–Trinajstić information content (AvgIpc) is 3.08. The van der Waals surface area contributed by atoms with Crippen LogP contribution in [0.3, 0.4) is 0 Å². The van der Waals surface area contributed by atoms with Crippen LogP contribution >= 0.6 is 0 Å². The molecule has 146 valence electrons. The van der Waals surface area contributed by atoms with Gasteiger partial charge in [0, 0.05) is 19.1 Å². The Morgan fingerprint density at radius 3 is 2.74 bits per heavy atom. The van der Waals surface area contributed by atoms with Gasteiger partial charge in [-0.1, -0.05) is 35.5 Å². The minimum Gasteiger partial charge on any atom is -0.349 e. The Kier molecular flexibility index (Phi) is 6.58. The van der Waals surface area contributed by atoms with E-state index in [-0.39, 0.29) is 11.9 Å². The first-order valence-electron chi connectivity index (χ1n) is 9.71. The van der Waals surface area contributed by atoms with E-state index in [9.17, 15) is 4.79 Å². The Morgan fingerprint density at radius 1 is 1.33 bits per heavy atom. The topological polar surface area (TPSA) is 75.1 Å². The second-order valence-corrected chi connectivity index (χ2v) is 7.41. The molecular formula is C20H30N6O. The highest BCUT2D eigenvalue weighted by molar-refractivity contribution is 5.93. The second kappa shape index (κ2) is 9.10. The molecule has 0 spiro atoms. The number of amides is 1. The van der Waals surface area contributed by atoms with Crippen molar-refractivity contribution in [3.63, 3.8) is 0 Å². The van der Waals surface area contributed by atoms with Crippen LogP contribution in [0.2, 0.25) is 0 Å². The van der Waals surface area contributed by atoms with E-state index in [1.165, 1.54) is 5.56 Å². The Labute approximate surface area is 161 Å². The predicted molar refractivity (Wildman–Crippen MR) is 106 cm³/mol. The normalized spacial score (nSPS) is 16.4. The van der Waals surface area contributed by atoms with Crippen LogP contribution in [0.4, 0.5) is 0 Å². The monoisotopic (exact) mass is 370 g/mol. The van der Waals surface area contributed by atoms with Crippen molar-refractivity contribution in [2.75, 3.05) is 26.7 Å². The molecule has 1 aliphatic heterocycles. The summed E-state index contributed by atoms with van der Waals surface area (Å²) in [5.74, 6) is -0.146. The minimum atomic E-state index is -0.146. The van der Waals surface area contributed by atoms with Gasteiger partial charge in [0.1, 0.15) is 0 Å². The number of benzene rings is 1. The molecule has 2 N–H and O–H groups in total. The van der Waals surface area contributed by atoms with Crippen LogP contribution in [-0.4, -0.2) is 58.5 Å². The summed E-state index contributed by atoms with van der Waals surface area (Å²) in [6.45, 7) is 7.43. The smallest absolute Gasteiger partial charge is 0.273 e. The lowest BCUT2D eigenvalue weighted by Crippen LogP contribution is -2.40. The zero-order chi connectivity index (χ0) is 19.2. The molecule has 7 heteroatoms. The van der Waals surface area contributed by atoms with Gasteiger partial charge in [0.2, 0.25) is 0 Å². The van der Waals surface area contributed by atoms with Gasteiger partial charge in [0.05, 0.1) is 11.7 Å². The van der Waals surface area contributed by atoms with Crippen LogP contribution in [-0.2, 0) is 6.54 Å². The number of rotatable bonds is 7. The molecule has 1 fully saturated rings. The van der Waals surface area contributed by atoms with Crippen LogP contribution < -0.4 is 10.6 Å². The molecular weight excluding hydrogens is 340 g/mol. The minimum absolute atomic E-state index is 0.146. The summed E-state index contributed by atoms with van der Waals surface area (Å²) in [7, 11) is 2.07. The van der Waals surface area contributed by atoms with Crippen LogP contribution in [0.1, 0.15) is 47.6 Å². The second-order valence-electron chi connectivity index (χ2n) is 7.41. The fourth-order valence-corrected chi connectivity index (χ4v) is 3.46. The van der Waals surface area contributed by atoms with E-state index in [0.717, 1.165) is 38.2 Å². The van der Waals surface area contributed by atoms with Crippen molar-refractivity contribution in [1.82, 2.24) is 30.5 Å². The maximum atomic E-state index is 12.6. The van der Waals surface area contributed by atoms with Gasteiger partial charge in [-0.3, -0.25) is 9.69 Å². The van der Waals surface area contributed by atoms with E-state index in [0.29, 0.717) is 18.3 Å². The molecule has 3 rings (SSSR count). The molecule has 27 heavy (non-hydrogen) atoms. The molecule has 1 aromatic heterocycles. The molecule has 1 unspecified atom stereocenters. The van der Waals surface area contributed by atoms with Crippen molar-refractivity contribution < 1.29 is 4.79 Å². The quantitative estimate of drug-likeness (QED) is 0.777. The zero-order valence-corrected chi connectivity index (χ0v) is 16.5. The highest BCUT2D eigenvalue weighted by atomic mass is 16.2. The zero-order valence-electron chi connectivity index (χ0n) is 16.5. The van der Waals surface area contributed by atoms with E-state index >= 15 is 0 Å². The number of nitrogens with one attached hydrogen (secondary N) is 2. The van der Waals surface area contributed by atoms with Crippen molar-refractivity contribution in [3.8, 4) is 0 Å². The lowest BCUT2D eigenvalue weighted by atomic mass is 10.1. The molecule has 1 atom stereocenters. The summed E-state index contributed by atoms with van der Waals surface area (Å²) in [5.41, 5.74) is 2.55. The molecule has 1 aliphatic rings. The summed E-state index contributed by atoms with van der Waals surface area (Å²) >= 11 is 0. The van der Waals surface area contributed by atoms with E-state index in [1.54, 1.807) is 0 Å². The third-order valence-corrected chi connectivity index (χ3v) is 5.38. The van der Waals surface area contributed by atoms with Crippen LogP contribution in [0.5, 0.6) is 0 Å². The number of aromatic nitrogens is 3. The molecule has 2 heterocycles. The number of piperidine rings is 1. The number of hydrogen-bond donors (Lipinski definition) is 2. The highest BCUT2D eigenvalue weighted by Gasteiger charge is 2.23. The molecule has 0 bridgehead atoms. The van der Waals surface area contributed by atoms with Gasteiger partial charge < -0.3 is 10.6 Å². The molecule has 7 nitrogen and oxygen atoms in total. The third kappa shape index (κ3) is 4.93. The van der Waals surface area contributed by atoms with Crippen LogP contribution in [0, 0.1) is 6.92 Å². The molecule has 2 aromatic rings. The first kappa shape index (κ1) is 19.5. The molecule has 0 saturated carbocycles. The van der Waals surface area contributed by atoms with E-state index < -0.39 is 0 Å². The van der Waals surface area contributed by atoms with Gasteiger partial charge in [-0.15, -0.1) is 5.10 Å². The predicted octanol–water partition coefficient (Wildman–Crippen LogP) is 1.76. The Morgan fingerprint density at radius 2 is 2.04 bits per heavy atom. The highest BCUT2D eigenvalue weighted by Crippen LogP contribution is 2.20. The molecule has 0 radical (unpaired) electrons. The lowest BCUT2D eigenvalue weighted by molar-refractivity contribution is 0.0934. The van der Waals surface area contributed by atoms with E-state index in [4.69, 9.17) is 0 Å². The first-order chi connectivity index (χ1) is 13.1. The van der Waals surface area contributed by atoms with Gasteiger partial charge in [0.25, 0.3) is 5.91 Å². The van der Waals surface area contributed by atoms with Gasteiger partial charge in [-0.05, 0) is 52.4 Å². The summed E-state index contributed by atoms with van der Waals surface area (Å²) in [6.07, 6.45) is 2.04. The Hall–Kier alpha value is -2.25. The van der Waals surface area contributed by atoms with Crippen molar-refractivity contribution in [1.29, 1.82) is 0 Å². The van der Waals surface area contributed by atoms with Gasteiger partial charge in [0.15, 0.2) is 5.69 Å². The van der Waals surface area contributed by atoms with Gasteiger partial charge >= 0.3 is 0 Å². The summed E-state index contributed by atoms with van der Waals surface area (Å²) in [4.78, 5) is 14.8. The molecule has 1 saturated heterocycles. The fourth-order valence-electron chi connectivity index (χ4n) is 3.46. The average molecular weight is 371 g/mol. The standard InChI is InChI=1S/C20H30N6O/c1-15(25(3)14-17-7-5-4-6-8-17)13-22-20(27)19-16(2)26(24-23-19)18-9-11-21-12-10-18/h4-8,15,18,21H,9-14H2,1-3H3,(H,22,27). The first-order valence-corrected chi connectivity index (χ1v) is 9.71. The van der Waals surface area contributed by atoms with Gasteiger partial charge in [-0.25, -0.2) is 4.68 Å². The van der Waals surface area contributed by atoms with E-state index in [2.05, 4.69) is 51.9 Å². The van der Waals surface area contributed by atoms with Crippen molar-refractivity contribution >= 4 is 5.91 Å². The maximum Gasteiger partial charge on any atom is 0.273 e. The van der Waals surface area contributed by atoms with Crippen molar-refractivity contribution in [2.45, 2.75) is 45.3 Å². The van der Waals surface area contributed by atoms with Crippen molar-refractivity contribution in [2.24, 2.45) is 0 Å². The molecule has 1 amide bonds. The molecule has 1 aromatic carbocycles. The van der Waals surface area contributed by atoms with E-state index in [1.807, 2.05) is 29.8 Å². The maximum absolute atomic E-state index is 12.6. The summed E-state index contributed by atoms with van der Waals surface area (Å²) in [5, 5.41) is 14.8. The summed E-state index contributed by atoms with van der Waals surface area (Å²) in [6, 6.07) is 10.9. The fraction of sp³-hybridized carbons (Fsp3) is 0.550. The number of carbonyl (C=O) groups is 1. The molecule has 0 aliphatic carbocycles. The Balaban J connectivity index is 1.53. The number of likely N-dealkylation sites (N-methyl/N-ethyl adjacent to an activating group) is 1. The van der Waals surface area contributed by atoms with Crippen LogP contribution in [0.25, 0.3) is 0 Å². The third-order valence-electron chi connectivity index (χ3n) is 5.38. The number of carbonyl (C=O) groups excluding carboxylic acids is 1. The van der Waals surface area contributed by atoms with Gasteiger partial charge in [-0.2, -0.15) is 0 Å². The SMILES string of the molecule is Cc1c(C(=O)NCC(C)N(C)Cc2ccccc2)nnn1C1CCNCC1. The number of hydrogen-bond acceptors (Lipinski definition) is 5. The largest absolute Gasteiger partial charge is 0.349 e. The van der Waals surface area contributed by atoms with Crippen molar-refractivity contribution in [3.05, 3.63) is 47.3 Å². The van der Waals surface area contributed by atoms with Crippen LogP contribution in [0.15, 0.2) is 30.3 Å². The lowest BCUT2D eigenvalue weighted by Gasteiger charge is -2.25. The number of nitrogens with zero attached hydrogens (tertiary/aromatic N) is 4. The summed E-state index contributed by atoms with van der Waals surface area (Å²) < 4.78 is 1.92. The Bertz CT molecular complexity index is 738.